The molecule has 4 fully saturated rings. The zero-order valence-electron chi connectivity index (χ0n) is 25.5. The second kappa shape index (κ2) is 13.9. The second-order valence-electron chi connectivity index (χ2n) is 12.3. The van der Waals surface area contributed by atoms with Gasteiger partial charge in [-0.05, 0) is 36.2 Å². The van der Waals surface area contributed by atoms with Gasteiger partial charge in [-0.2, -0.15) is 0 Å². The first-order chi connectivity index (χ1) is 22.6. The minimum atomic E-state index is -1.39. The van der Waals surface area contributed by atoms with Crippen molar-refractivity contribution in [3.8, 4) is 5.75 Å². The maximum Gasteiger partial charge on any atom is 0.261 e. The Morgan fingerprint density at radius 1 is 0.957 bits per heavy atom. The molecular formula is C32H37F2N5O8. The summed E-state index contributed by atoms with van der Waals surface area (Å²) in [4.78, 5) is 58.7. The summed E-state index contributed by atoms with van der Waals surface area (Å²) in [6, 6.07) is 9.80. The molecule has 7 atom stereocenters. The van der Waals surface area contributed by atoms with E-state index in [9.17, 15) is 38.2 Å². The van der Waals surface area contributed by atoms with Gasteiger partial charge in [-0.25, -0.2) is 8.78 Å². The average Bonchev–Trinajstić information content (AvgIpc) is 3.58. The second-order valence-corrected chi connectivity index (χ2v) is 12.3. The van der Waals surface area contributed by atoms with Crippen molar-refractivity contribution in [3.05, 3.63) is 65.7 Å². The van der Waals surface area contributed by atoms with Crippen molar-refractivity contribution in [1.29, 1.82) is 0 Å². The number of hydrogen-bond donors (Lipinski definition) is 4. The number of rotatable bonds is 5. The van der Waals surface area contributed by atoms with Crippen molar-refractivity contribution in [2.75, 3.05) is 39.3 Å². The van der Waals surface area contributed by atoms with Gasteiger partial charge in [0, 0.05) is 38.8 Å². The molecule has 47 heavy (non-hydrogen) atoms. The zero-order valence-corrected chi connectivity index (χ0v) is 25.5. The molecule has 0 saturated carbocycles. The molecule has 4 aliphatic rings. The third kappa shape index (κ3) is 7.22. The lowest BCUT2D eigenvalue weighted by Gasteiger charge is -2.42. The number of benzene rings is 2. The SMILES string of the molecule is O=C1C[C@@H]2O[C@H](CNC(=O)[C@@H]3CN(CCN3C(=O)COc3ccccc3)C(=O)[C@@H]3C[C@@H](CN3Cc3ccc(F)c(F)c3)N1)[C@@H](O)[C@H]2O. The van der Waals surface area contributed by atoms with Gasteiger partial charge in [-0.1, -0.05) is 24.3 Å². The molecule has 13 nitrogen and oxygen atoms in total. The molecule has 0 spiro atoms. The van der Waals surface area contributed by atoms with Gasteiger partial charge in [0.1, 0.15) is 30.1 Å². The van der Waals surface area contributed by atoms with E-state index in [1.165, 1.54) is 15.9 Å². The Bertz CT molecular complexity index is 1500. The highest BCUT2D eigenvalue weighted by molar-refractivity contribution is 5.90. The number of hydrogen-bond acceptors (Lipinski definition) is 9. The molecule has 2 aromatic rings. The normalized spacial score (nSPS) is 30.2. The Kier molecular flexibility index (Phi) is 9.68. The Labute approximate surface area is 269 Å². The number of carbonyl (C=O) groups excluding carboxylic acids is 4. The molecule has 4 amide bonds. The van der Waals surface area contributed by atoms with Crippen molar-refractivity contribution in [1.82, 2.24) is 25.3 Å². The van der Waals surface area contributed by atoms with Gasteiger partial charge in [-0.15, -0.1) is 0 Å². The van der Waals surface area contributed by atoms with E-state index in [4.69, 9.17) is 9.47 Å². The van der Waals surface area contributed by atoms with Crippen molar-refractivity contribution in [2.45, 2.75) is 61.9 Å². The molecule has 0 unspecified atom stereocenters. The molecule has 6 rings (SSSR count). The lowest BCUT2D eigenvalue weighted by atomic mass is 10.0. The fraction of sp³-hybridized carbons (Fsp3) is 0.500. The number of carbonyl (C=O) groups is 4. The molecule has 4 aliphatic heterocycles. The minimum Gasteiger partial charge on any atom is -0.484 e. The van der Waals surface area contributed by atoms with Crippen molar-refractivity contribution < 1.29 is 47.6 Å². The lowest BCUT2D eigenvalue weighted by Crippen LogP contribution is -2.64. The number of likely N-dealkylation sites (tertiary alicyclic amines) is 1. The van der Waals surface area contributed by atoms with Crippen molar-refractivity contribution in [2.24, 2.45) is 0 Å². The van der Waals surface area contributed by atoms with Crippen LogP contribution in [0, 0.1) is 11.6 Å². The number of aliphatic hydroxyl groups excluding tert-OH is 2. The topological polar surface area (TPSA) is 161 Å². The molecule has 4 heterocycles. The zero-order chi connectivity index (χ0) is 33.2. The van der Waals surface area contributed by atoms with E-state index in [0.29, 0.717) is 11.3 Å². The minimum absolute atomic E-state index is 0.0280. The van der Waals surface area contributed by atoms with Gasteiger partial charge < -0.3 is 40.1 Å². The monoisotopic (exact) mass is 657 g/mol. The van der Waals surface area contributed by atoms with E-state index in [-0.39, 0.29) is 64.6 Å². The molecule has 0 aromatic heterocycles. The first-order valence-corrected chi connectivity index (χ1v) is 15.6. The van der Waals surface area contributed by atoms with Crippen LogP contribution in [0.3, 0.4) is 0 Å². The summed E-state index contributed by atoms with van der Waals surface area (Å²) >= 11 is 0. The highest BCUT2D eigenvalue weighted by Gasteiger charge is 2.47. The number of aliphatic hydroxyl groups is 2. The predicted molar refractivity (Wildman–Crippen MR) is 159 cm³/mol. The van der Waals surface area contributed by atoms with Crippen LogP contribution >= 0.6 is 0 Å². The van der Waals surface area contributed by atoms with E-state index < -0.39 is 71.9 Å². The van der Waals surface area contributed by atoms with E-state index in [2.05, 4.69) is 10.6 Å². The van der Waals surface area contributed by atoms with E-state index in [0.717, 1.165) is 12.1 Å². The van der Waals surface area contributed by atoms with Crippen LogP contribution in [0.5, 0.6) is 5.75 Å². The molecule has 2 aromatic carbocycles. The fourth-order valence-corrected chi connectivity index (χ4v) is 6.73. The van der Waals surface area contributed by atoms with Crippen LogP contribution in [0.1, 0.15) is 18.4 Å². The van der Waals surface area contributed by atoms with Crippen LogP contribution in [0.2, 0.25) is 0 Å². The Hall–Kier alpha value is -4.18. The highest BCUT2D eigenvalue weighted by atomic mass is 19.2. The first kappa shape index (κ1) is 32.7. The molecule has 6 bridgehead atoms. The molecule has 4 N–H and O–H groups in total. The smallest absolute Gasteiger partial charge is 0.261 e. The lowest BCUT2D eigenvalue weighted by molar-refractivity contribution is -0.151. The van der Waals surface area contributed by atoms with E-state index in [1.807, 2.05) is 0 Å². The quantitative estimate of drug-likeness (QED) is 0.321. The van der Waals surface area contributed by atoms with Crippen LogP contribution in [-0.2, 0) is 30.5 Å². The number of nitrogens with one attached hydrogen (secondary N) is 2. The van der Waals surface area contributed by atoms with Gasteiger partial charge in [0.2, 0.25) is 17.7 Å². The van der Waals surface area contributed by atoms with Gasteiger partial charge in [0.25, 0.3) is 5.91 Å². The van der Waals surface area contributed by atoms with Gasteiger partial charge >= 0.3 is 0 Å². The largest absolute Gasteiger partial charge is 0.484 e. The highest BCUT2D eigenvalue weighted by Crippen LogP contribution is 2.27. The number of ether oxygens (including phenoxy) is 2. The summed E-state index contributed by atoms with van der Waals surface area (Å²) < 4.78 is 39.1. The van der Waals surface area contributed by atoms with Crippen LogP contribution < -0.4 is 15.4 Å². The Morgan fingerprint density at radius 3 is 2.49 bits per heavy atom. The van der Waals surface area contributed by atoms with Gasteiger partial charge in [0.05, 0.1) is 25.1 Å². The number of halogens is 2. The van der Waals surface area contributed by atoms with E-state index >= 15 is 0 Å². The van der Waals surface area contributed by atoms with Gasteiger partial charge in [-0.3, -0.25) is 24.1 Å². The van der Waals surface area contributed by atoms with Crippen molar-refractivity contribution in [3.63, 3.8) is 0 Å². The third-order valence-electron chi connectivity index (χ3n) is 9.17. The Morgan fingerprint density at radius 2 is 1.72 bits per heavy atom. The van der Waals surface area contributed by atoms with Gasteiger partial charge in [0.15, 0.2) is 18.2 Å². The van der Waals surface area contributed by atoms with Crippen LogP contribution in [0.4, 0.5) is 8.78 Å². The van der Waals surface area contributed by atoms with Crippen LogP contribution in [0.25, 0.3) is 0 Å². The summed E-state index contributed by atoms with van der Waals surface area (Å²) in [5.41, 5.74) is 0.424. The number of piperazine rings is 1. The van der Waals surface area contributed by atoms with E-state index in [1.54, 1.807) is 35.2 Å². The standard InChI is InChI=1S/C32H37F2N5O8/c33-21-7-6-18(10-22(21)34)14-38-15-19-11-23(38)32(45)37-8-9-39(28(41)17-46-20-4-2-1-3-5-20)24(16-37)31(44)35-13-26-30(43)29(42)25(47-26)12-27(40)36-19/h1-7,10,19,23-26,29-30,42-43H,8-9,11-17H2,(H,35,44)(H,36,40)/t19-,23-,24-,25-,26+,29-,30+/m0/s1. The van der Waals surface area contributed by atoms with Crippen molar-refractivity contribution >= 4 is 23.6 Å². The molecule has 4 saturated heterocycles. The number of nitrogens with zero attached hydrogens (tertiary/aromatic N) is 3. The Balaban J connectivity index is 1.26. The third-order valence-corrected chi connectivity index (χ3v) is 9.17. The summed E-state index contributed by atoms with van der Waals surface area (Å²) in [7, 11) is 0. The number of fused-ring (bicyclic) bond motifs is 6. The van der Waals surface area contributed by atoms with Crippen LogP contribution in [0.15, 0.2) is 48.5 Å². The summed E-state index contributed by atoms with van der Waals surface area (Å²) in [6.07, 6.45) is -4.93. The summed E-state index contributed by atoms with van der Waals surface area (Å²) in [5.74, 6) is -3.42. The maximum atomic E-state index is 14.1. The molecular weight excluding hydrogens is 620 g/mol. The first-order valence-electron chi connectivity index (χ1n) is 15.6. The van der Waals surface area contributed by atoms with Crippen LogP contribution in [-0.4, -0.2) is 130 Å². The maximum absolute atomic E-state index is 14.1. The average molecular weight is 658 g/mol. The number of para-hydroxylation sites is 1. The molecule has 0 radical (unpaired) electrons. The predicted octanol–water partition coefficient (Wildman–Crippen LogP) is -0.849. The summed E-state index contributed by atoms with van der Waals surface area (Å²) in [6.45, 7) is -0.267. The fourth-order valence-electron chi connectivity index (χ4n) is 6.73. The molecule has 15 heteroatoms. The number of amides is 4. The summed E-state index contributed by atoms with van der Waals surface area (Å²) in [5, 5.41) is 26.8. The molecule has 0 aliphatic carbocycles. The molecule has 252 valence electrons.